The van der Waals surface area contributed by atoms with Crippen molar-refractivity contribution in [2.75, 3.05) is 35.2 Å². The highest BCUT2D eigenvalue weighted by Gasteiger charge is 2.52. The molecule has 2 bridgehead atoms. The fourth-order valence-electron chi connectivity index (χ4n) is 7.06. The Morgan fingerprint density at radius 1 is 1.18 bits per heavy atom. The van der Waals surface area contributed by atoms with Crippen molar-refractivity contribution < 1.29 is 40.6 Å². The number of hydrogen-bond donors (Lipinski definition) is 3. The van der Waals surface area contributed by atoms with Crippen LogP contribution in [0.2, 0.25) is 0 Å². The largest absolute Gasteiger partial charge is 0.465 e. The number of nitrogens with one attached hydrogen (secondary N) is 1. The van der Waals surface area contributed by atoms with Crippen LogP contribution in [0.3, 0.4) is 0 Å². The van der Waals surface area contributed by atoms with Crippen molar-refractivity contribution in [2.24, 2.45) is 0 Å². The minimum atomic E-state index is -5.16. The zero-order valence-electron chi connectivity index (χ0n) is 23.5. The number of rotatable bonds is 4. The highest BCUT2D eigenvalue weighted by atomic mass is 19.4. The zero-order chi connectivity index (χ0) is 31.5. The maximum Gasteiger partial charge on any atom is 0.417 e. The van der Waals surface area contributed by atoms with Crippen LogP contribution < -0.4 is 25.6 Å². The van der Waals surface area contributed by atoms with Gasteiger partial charge in [0, 0.05) is 30.7 Å². The highest BCUT2D eigenvalue weighted by molar-refractivity contribution is 5.98. The van der Waals surface area contributed by atoms with Crippen LogP contribution in [0.25, 0.3) is 22.2 Å². The minimum Gasteiger partial charge on any atom is -0.465 e. The summed E-state index contributed by atoms with van der Waals surface area (Å²) in [6.45, 7) is 2.91. The van der Waals surface area contributed by atoms with Gasteiger partial charge in [-0.1, -0.05) is 0 Å². The first-order valence-electron chi connectivity index (χ1n) is 14.2. The van der Waals surface area contributed by atoms with Crippen LogP contribution in [0.1, 0.15) is 37.3 Å². The van der Waals surface area contributed by atoms with Crippen LogP contribution in [0.4, 0.5) is 48.2 Å². The van der Waals surface area contributed by atoms with Crippen LogP contribution in [-0.2, 0) is 6.18 Å². The van der Waals surface area contributed by atoms with Gasteiger partial charge in [0.25, 0.3) is 6.43 Å². The van der Waals surface area contributed by atoms with E-state index < -0.39 is 87.4 Å². The molecule has 0 spiro atoms. The van der Waals surface area contributed by atoms with Crippen LogP contribution in [0, 0.1) is 18.6 Å². The third kappa shape index (κ3) is 4.09. The molecule has 4 N–H and O–H groups in total. The second-order valence-corrected chi connectivity index (χ2v) is 12.1. The quantitative estimate of drug-likeness (QED) is 0.290. The summed E-state index contributed by atoms with van der Waals surface area (Å²) in [5.74, 6) is -3.20. The van der Waals surface area contributed by atoms with Crippen molar-refractivity contribution in [1.29, 1.82) is 0 Å². The number of ether oxygens (including phenoxy) is 1. The number of pyridine rings is 1. The molecule has 0 saturated carbocycles. The molecule has 44 heavy (non-hydrogen) atoms. The first-order chi connectivity index (χ1) is 20.7. The summed E-state index contributed by atoms with van der Waals surface area (Å²) in [4.78, 5) is 16.4. The van der Waals surface area contributed by atoms with E-state index in [0.29, 0.717) is 31.9 Å². The van der Waals surface area contributed by atoms with E-state index in [1.165, 1.54) is 0 Å². The first kappa shape index (κ1) is 29.1. The van der Waals surface area contributed by atoms with E-state index in [0.717, 1.165) is 6.92 Å². The second-order valence-electron chi connectivity index (χ2n) is 12.1. The lowest BCUT2D eigenvalue weighted by Crippen LogP contribution is -2.64. The van der Waals surface area contributed by atoms with Crippen molar-refractivity contribution in [1.82, 2.24) is 20.3 Å². The molecule has 4 aliphatic heterocycles. The number of aliphatic hydroxyl groups excluding tert-OH is 1. The Balaban J connectivity index is 1.55. The molecular weight excluding hydrogens is 599 g/mol. The topological polar surface area (TPSA) is 113 Å². The molecule has 0 unspecified atom stereocenters. The van der Waals surface area contributed by atoms with Gasteiger partial charge in [0.1, 0.15) is 28.2 Å². The van der Waals surface area contributed by atoms with E-state index in [-0.39, 0.29) is 36.3 Å². The molecule has 0 aliphatic carbocycles. The Morgan fingerprint density at radius 2 is 1.93 bits per heavy atom. The number of nitrogens with two attached hydrogens (primary N) is 1. The average Bonchev–Trinajstić information content (AvgIpc) is 3.27. The van der Waals surface area contributed by atoms with Gasteiger partial charge < -0.3 is 30.7 Å². The van der Waals surface area contributed by atoms with Gasteiger partial charge in [-0.2, -0.15) is 18.2 Å². The van der Waals surface area contributed by atoms with Gasteiger partial charge in [0.15, 0.2) is 11.9 Å². The van der Waals surface area contributed by atoms with Gasteiger partial charge in [0.05, 0.1) is 29.4 Å². The van der Waals surface area contributed by atoms with Gasteiger partial charge in [-0.3, -0.25) is 0 Å². The predicted molar refractivity (Wildman–Crippen MR) is 146 cm³/mol. The number of benzene rings is 1. The summed E-state index contributed by atoms with van der Waals surface area (Å²) in [7, 11) is 0. The Kier molecular flexibility index (Phi) is 6.39. The first-order valence-corrected chi connectivity index (χ1v) is 14.2. The van der Waals surface area contributed by atoms with Gasteiger partial charge >= 0.3 is 6.18 Å². The molecule has 16 heteroatoms. The minimum absolute atomic E-state index is 0.0386. The summed E-state index contributed by atoms with van der Waals surface area (Å²) >= 11 is 0. The number of nitrogens with zero attached hydrogens (tertiary/aromatic N) is 5. The van der Waals surface area contributed by atoms with E-state index in [9.17, 15) is 31.4 Å². The summed E-state index contributed by atoms with van der Waals surface area (Å²) in [6, 6.07) is -0.879. The lowest BCUT2D eigenvalue weighted by molar-refractivity contribution is -0.137. The normalized spacial score (nSPS) is 27.8. The van der Waals surface area contributed by atoms with Crippen LogP contribution in [-0.4, -0.2) is 75.9 Å². The molecular formula is C28H28F7N7O2. The molecule has 2 aromatic heterocycles. The third-order valence-electron chi connectivity index (χ3n) is 9.46. The van der Waals surface area contributed by atoms with E-state index in [1.54, 1.807) is 16.7 Å². The van der Waals surface area contributed by atoms with E-state index in [4.69, 9.17) is 15.5 Å². The number of anilines is 3. The molecule has 3 aromatic rings. The number of aromatic nitrogens is 3. The van der Waals surface area contributed by atoms with Gasteiger partial charge in [-0.25, -0.2) is 27.5 Å². The van der Waals surface area contributed by atoms with Crippen molar-refractivity contribution in [2.45, 2.75) is 75.5 Å². The average molecular weight is 628 g/mol. The number of aliphatic hydroxyl groups is 1. The molecule has 0 radical (unpaired) electrons. The van der Waals surface area contributed by atoms with E-state index in [1.807, 2.05) is 0 Å². The standard InChI is InChI=1S/C28H28F7N7O2/c1-10-16(28(33,34)35)12(7-13(36)17(10)29)19-18(30)20-15-24(40-26(39-20)42-6-5-27(42,2)9-43)41-8-11-3-4-14(37-11)21(41)22(23(31)32)44-25(15)38-19/h7,11,14,21-23,37,43H,3-6,8-9,36H2,1-2H3/t11-,14+,21+,22-,27+/m1/s1. The molecule has 7 rings (SSSR count). The summed E-state index contributed by atoms with van der Waals surface area (Å²) < 4.78 is 110. The van der Waals surface area contributed by atoms with Gasteiger partial charge in [-0.15, -0.1) is 0 Å². The molecule has 4 aliphatic rings. The second kappa shape index (κ2) is 9.67. The lowest BCUT2D eigenvalue weighted by atomic mass is 9.88. The Labute approximate surface area is 246 Å². The smallest absolute Gasteiger partial charge is 0.417 e. The Hall–Kier alpha value is -3.66. The number of hydrogen-bond acceptors (Lipinski definition) is 9. The van der Waals surface area contributed by atoms with Crippen molar-refractivity contribution in [3.63, 3.8) is 0 Å². The predicted octanol–water partition coefficient (Wildman–Crippen LogP) is 4.18. The van der Waals surface area contributed by atoms with Crippen LogP contribution in [0.15, 0.2) is 6.07 Å². The summed E-state index contributed by atoms with van der Waals surface area (Å²) in [6.07, 6.45) is -8.22. The summed E-state index contributed by atoms with van der Waals surface area (Å²) in [5.41, 5.74) is -0.560. The fourth-order valence-corrected chi connectivity index (χ4v) is 7.06. The molecule has 1 aromatic carbocycles. The Bertz CT molecular complexity index is 1690. The molecule has 236 valence electrons. The highest BCUT2D eigenvalue weighted by Crippen LogP contribution is 2.48. The van der Waals surface area contributed by atoms with Gasteiger partial charge in [-0.05, 0) is 44.7 Å². The van der Waals surface area contributed by atoms with Crippen LogP contribution in [0.5, 0.6) is 5.88 Å². The molecule has 5 atom stereocenters. The van der Waals surface area contributed by atoms with E-state index in [2.05, 4.69) is 15.3 Å². The third-order valence-corrected chi connectivity index (χ3v) is 9.46. The van der Waals surface area contributed by atoms with E-state index >= 15 is 4.39 Å². The zero-order valence-corrected chi connectivity index (χ0v) is 23.5. The number of nitrogen functional groups attached to an aromatic ring is 1. The van der Waals surface area contributed by atoms with Crippen molar-refractivity contribution in [3.8, 4) is 17.1 Å². The van der Waals surface area contributed by atoms with Crippen molar-refractivity contribution >= 4 is 28.4 Å². The SMILES string of the molecule is Cc1c(F)c(N)cc(-c2nc3c4c(nc(N5CC[C@@]5(C)CO)nc4c2F)N2C[C@H]4CC[C@H](N4)[C@H]2[C@H](C(F)F)O3)c1C(F)(F)F. The lowest BCUT2D eigenvalue weighted by Gasteiger charge is -2.50. The maximum absolute atomic E-state index is 16.7. The molecule has 6 heterocycles. The molecule has 9 nitrogen and oxygen atoms in total. The number of fused-ring (bicyclic) bond motifs is 5. The van der Waals surface area contributed by atoms with Crippen LogP contribution >= 0.6 is 0 Å². The monoisotopic (exact) mass is 627 g/mol. The number of alkyl halides is 5. The van der Waals surface area contributed by atoms with Crippen molar-refractivity contribution in [3.05, 3.63) is 28.8 Å². The number of piperazine rings is 1. The molecule has 3 fully saturated rings. The van der Waals surface area contributed by atoms with Gasteiger partial charge in [0.2, 0.25) is 11.8 Å². The summed E-state index contributed by atoms with van der Waals surface area (Å²) in [5, 5.41) is 13.2. The maximum atomic E-state index is 16.7. The molecule has 3 saturated heterocycles. The Morgan fingerprint density at radius 3 is 2.57 bits per heavy atom. The fraction of sp³-hybridized carbons (Fsp3) is 0.536. The molecule has 0 amide bonds. The number of halogens is 7.